The number of rotatable bonds is 6. The predicted molar refractivity (Wildman–Crippen MR) is 138 cm³/mol. The minimum Gasteiger partial charge on any atom is -0.486 e. The van der Waals surface area contributed by atoms with Crippen molar-refractivity contribution in [1.29, 1.82) is 0 Å². The molecule has 0 atom stereocenters. The second-order valence-electron chi connectivity index (χ2n) is 8.77. The van der Waals surface area contributed by atoms with Gasteiger partial charge in [-0.15, -0.1) is 0 Å². The molecule has 0 spiro atoms. The van der Waals surface area contributed by atoms with E-state index in [0.29, 0.717) is 21.6 Å². The molecule has 0 radical (unpaired) electrons. The van der Waals surface area contributed by atoms with Crippen molar-refractivity contribution >= 4 is 34.1 Å². The molecule has 35 heavy (non-hydrogen) atoms. The largest absolute Gasteiger partial charge is 0.486 e. The van der Waals surface area contributed by atoms with Gasteiger partial charge in [0.05, 0.1) is 21.3 Å². The highest BCUT2D eigenvalue weighted by molar-refractivity contribution is 6.42. The van der Waals surface area contributed by atoms with Gasteiger partial charge in [-0.2, -0.15) is 0 Å². The van der Waals surface area contributed by atoms with Crippen LogP contribution in [0.5, 0.6) is 5.75 Å². The Morgan fingerprint density at radius 1 is 0.914 bits per heavy atom. The molecule has 7 heteroatoms. The summed E-state index contributed by atoms with van der Waals surface area (Å²) in [4.78, 5) is 9.05. The molecule has 176 valence electrons. The van der Waals surface area contributed by atoms with Crippen LogP contribution in [0.15, 0.2) is 85.2 Å². The first-order valence-electron chi connectivity index (χ1n) is 11.1. The van der Waals surface area contributed by atoms with Crippen molar-refractivity contribution in [2.75, 3.05) is 0 Å². The van der Waals surface area contributed by atoms with E-state index in [-0.39, 0.29) is 12.4 Å². The van der Waals surface area contributed by atoms with Gasteiger partial charge in [-0.05, 0) is 66.2 Å². The molecule has 2 heterocycles. The molecule has 4 nitrogen and oxygen atoms in total. The highest BCUT2D eigenvalue weighted by Crippen LogP contribution is 2.37. The fourth-order valence-corrected chi connectivity index (χ4v) is 4.43. The third kappa shape index (κ3) is 4.62. The van der Waals surface area contributed by atoms with Crippen molar-refractivity contribution in [3.05, 3.63) is 118 Å². The van der Waals surface area contributed by atoms with Gasteiger partial charge >= 0.3 is 0 Å². The van der Waals surface area contributed by atoms with Crippen LogP contribution in [0.1, 0.15) is 30.9 Å². The summed E-state index contributed by atoms with van der Waals surface area (Å²) < 4.78 is 21.9. The maximum absolute atomic E-state index is 13.7. The minimum absolute atomic E-state index is 0.223. The van der Waals surface area contributed by atoms with E-state index in [9.17, 15) is 4.39 Å². The monoisotopic (exact) mass is 505 g/mol. The normalized spacial score (nSPS) is 11.7. The van der Waals surface area contributed by atoms with Gasteiger partial charge in [0.1, 0.15) is 18.2 Å². The minimum atomic E-state index is -0.484. The van der Waals surface area contributed by atoms with Crippen molar-refractivity contribution in [2.24, 2.45) is 0 Å². The summed E-state index contributed by atoms with van der Waals surface area (Å²) in [5, 5.41) is 1.98. The van der Waals surface area contributed by atoms with E-state index in [2.05, 4.69) is 18.8 Å². The van der Waals surface area contributed by atoms with Crippen LogP contribution in [0.4, 0.5) is 4.39 Å². The lowest BCUT2D eigenvalue weighted by Gasteiger charge is -2.28. The topological polar surface area (TPSA) is 39.9 Å². The van der Waals surface area contributed by atoms with Gasteiger partial charge in [-0.3, -0.25) is 9.55 Å². The Labute approximate surface area is 212 Å². The van der Waals surface area contributed by atoms with E-state index in [1.807, 2.05) is 53.2 Å². The summed E-state index contributed by atoms with van der Waals surface area (Å²) in [5.74, 6) is 1.09. The first-order chi connectivity index (χ1) is 16.8. The van der Waals surface area contributed by atoms with Gasteiger partial charge in [0.15, 0.2) is 5.82 Å². The van der Waals surface area contributed by atoms with E-state index in [0.717, 1.165) is 27.8 Å². The van der Waals surface area contributed by atoms with Crippen LogP contribution < -0.4 is 4.74 Å². The zero-order valence-corrected chi connectivity index (χ0v) is 20.7. The predicted octanol–water partition coefficient (Wildman–Crippen LogP) is 7.77. The summed E-state index contributed by atoms with van der Waals surface area (Å²) in [6.45, 7) is 4.40. The lowest BCUT2D eigenvalue weighted by atomic mass is 9.81. The van der Waals surface area contributed by atoms with E-state index >= 15 is 0 Å². The zero-order valence-electron chi connectivity index (χ0n) is 19.2. The number of pyridine rings is 1. The number of hydrogen-bond donors (Lipinski definition) is 0. The second kappa shape index (κ2) is 9.33. The fourth-order valence-electron chi connectivity index (χ4n) is 4.14. The number of nitrogens with zero attached hydrogens (tertiary/aromatic N) is 3. The maximum Gasteiger partial charge on any atom is 0.151 e. The van der Waals surface area contributed by atoms with E-state index in [1.165, 1.54) is 12.1 Å². The Morgan fingerprint density at radius 3 is 2.49 bits per heavy atom. The first-order valence-corrected chi connectivity index (χ1v) is 11.8. The van der Waals surface area contributed by atoms with Gasteiger partial charge in [-0.1, -0.05) is 49.2 Å². The lowest BCUT2D eigenvalue weighted by Crippen LogP contribution is -2.23. The third-order valence-electron chi connectivity index (χ3n) is 6.14. The average molecular weight is 506 g/mol. The van der Waals surface area contributed by atoms with Crippen molar-refractivity contribution in [1.82, 2.24) is 14.5 Å². The Bertz CT molecular complexity index is 1510. The Kier molecular flexibility index (Phi) is 6.22. The highest BCUT2D eigenvalue weighted by atomic mass is 35.5. The molecule has 0 unspecified atom stereocenters. The van der Waals surface area contributed by atoms with Crippen molar-refractivity contribution in [3.8, 4) is 11.4 Å². The molecule has 3 aromatic carbocycles. The van der Waals surface area contributed by atoms with Crippen molar-refractivity contribution in [3.63, 3.8) is 0 Å². The Hall–Kier alpha value is -3.41. The first kappa shape index (κ1) is 23.3. The summed E-state index contributed by atoms with van der Waals surface area (Å²) in [7, 11) is 0. The number of halogens is 3. The third-order valence-corrected chi connectivity index (χ3v) is 6.88. The summed E-state index contributed by atoms with van der Waals surface area (Å²) in [6, 6.07) is 21.6. The van der Waals surface area contributed by atoms with E-state index in [1.54, 1.807) is 24.4 Å². The van der Waals surface area contributed by atoms with Crippen molar-refractivity contribution < 1.29 is 9.13 Å². The molecule has 0 amide bonds. The molecule has 0 aliphatic carbocycles. The van der Waals surface area contributed by atoms with Gasteiger partial charge in [0.2, 0.25) is 0 Å². The summed E-state index contributed by atoms with van der Waals surface area (Å²) in [6.07, 6.45) is 3.59. The zero-order chi connectivity index (χ0) is 24.6. The second-order valence-corrected chi connectivity index (χ2v) is 9.59. The number of ether oxygens (including phenoxy) is 1. The maximum atomic E-state index is 13.7. The van der Waals surface area contributed by atoms with Crippen LogP contribution in [0, 0.1) is 5.82 Å². The van der Waals surface area contributed by atoms with Crippen LogP contribution in [0.3, 0.4) is 0 Å². The van der Waals surface area contributed by atoms with Gasteiger partial charge in [0, 0.05) is 28.9 Å². The molecule has 2 aromatic heterocycles. The molecule has 5 rings (SSSR count). The number of aromatic nitrogens is 3. The molecular weight excluding hydrogens is 484 g/mol. The molecule has 0 N–H and O–H groups in total. The molecule has 0 saturated heterocycles. The van der Waals surface area contributed by atoms with Crippen LogP contribution in [-0.2, 0) is 12.0 Å². The van der Waals surface area contributed by atoms with Crippen LogP contribution in [0.25, 0.3) is 16.6 Å². The molecule has 0 fully saturated rings. The van der Waals surface area contributed by atoms with Gasteiger partial charge in [0.25, 0.3) is 0 Å². The molecular formula is C28H22Cl2FN3O. The Balaban J connectivity index is 1.54. The highest BCUT2D eigenvalue weighted by Gasteiger charge is 2.30. The molecule has 5 aromatic rings. The smallest absolute Gasteiger partial charge is 0.151 e. The van der Waals surface area contributed by atoms with Crippen LogP contribution >= 0.6 is 23.2 Å². The summed E-state index contributed by atoms with van der Waals surface area (Å²) in [5.41, 5.74) is 3.09. The SMILES string of the molecule is CC(C)(c1ccc(Cl)c(Cl)c1)c1cnc(COc2ccc3ncccc3c2)n1-c1ccc(F)cc1. The van der Waals surface area contributed by atoms with Crippen LogP contribution in [0.2, 0.25) is 10.0 Å². The molecule has 0 aliphatic heterocycles. The quantitative estimate of drug-likeness (QED) is 0.236. The van der Waals surface area contributed by atoms with E-state index < -0.39 is 5.41 Å². The Morgan fingerprint density at radius 2 is 1.71 bits per heavy atom. The number of benzene rings is 3. The van der Waals surface area contributed by atoms with Gasteiger partial charge in [-0.25, -0.2) is 9.37 Å². The fraction of sp³-hybridized carbons (Fsp3) is 0.143. The average Bonchev–Trinajstić information content (AvgIpc) is 3.29. The lowest BCUT2D eigenvalue weighted by molar-refractivity contribution is 0.293. The van der Waals surface area contributed by atoms with E-state index in [4.69, 9.17) is 32.9 Å². The number of fused-ring (bicyclic) bond motifs is 1. The number of imidazole rings is 1. The molecule has 0 bridgehead atoms. The number of hydrogen-bond acceptors (Lipinski definition) is 3. The van der Waals surface area contributed by atoms with Crippen molar-refractivity contribution in [2.45, 2.75) is 25.9 Å². The van der Waals surface area contributed by atoms with Crippen LogP contribution in [-0.4, -0.2) is 14.5 Å². The summed E-state index contributed by atoms with van der Waals surface area (Å²) >= 11 is 12.5. The van der Waals surface area contributed by atoms with Gasteiger partial charge < -0.3 is 4.74 Å². The standard InChI is InChI=1S/C28H22Cl2FN3O/c1-28(2,19-5-11-23(29)24(30)15-19)26-16-33-27(34(26)21-8-6-20(31)7-9-21)17-35-22-10-12-25-18(14-22)4-3-13-32-25/h3-16H,17H2,1-2H3. The molecule has 0 aliphatic rings. The molecule has 0 saturated carbocycles.